The smallest absolute Gasteiger partial charge is 0.278 e. The summed E-state index contributed by atoms with van der Waals surface area (Å²) in [5.41, 5.74) is 1.43. The van der Waals surface area contributed by atoms with Gasteiger partial charge >= 0.3 is 0 Å². The van der Waals surface area contributed by atoms with Crippen molar-refractivity contribution in [1.29, 1.82) is 0 Å². The van der Waals surface area contributed by atoms with E-state index in [-0.39, 0.29) is 17.9 Å². The van der Waals surface area contributed by atoms with E-state index >= 15 is 0 Å². The lowest BCUT2D eigenvalue weighted by atomic mass is 10.2. The monoisotopic (exact) mass is 428 g/mol. The van der Waals surface area contributed by atoms with E-state index in [9.17, 15) is 9.59 Å². The van der Waals surface area contributed by atoms with Gasteiger partial charge in [-0.25, -0.2) is 0 Å². The van der Waals surface area contributed by atoms with Gasteiger partial charge in [0.15, 0.2) is 0 Å². The summed E-state index contributed by atoms with van der Waals surface area (Å²) in [4.78, 5) is 28.3. The van der Waals surface area contributed by atoms with Crippen molar-refractivity contribution in [1.82, 2.24) is 4.90 Å². The number of carbonyl (C=O) groups is 2. The molecule has 2 amide bonds. The Morgan fingerprint density at radius 2 is 1.93 bits per heavy atom. The Morgan fingerprint density at radius 1 is 1.10 bits per heavy atom. The van der Waals surface area contributed by atoms with Crippen LogP contribution in [0.4, 0.5) is 5.69 Å². The molecule has 1 aliphatic heterocycles. The molecule has 3 rings (SSSR count). The van der Waals surface area contributed by atoms with Gasteiger partial charge < -0.3 is 14.8 Å². The topological polar surface area (TPSA) is 67.9 Å². The van der Waals surface area contributed by atoms with Crippen molar-refractivity contribution >= 4 is 34.4 Å². The van der Waals surface area contributed by atoms with Crippen LogP contribution in [0.5, 0.6) is 5.75 Å². The number of nitrogens with one attached hydrogen (secondary N) is 1. The fourth-order valence-electron chi connectivity index (χ4n) is 3.11. The molecule has 6 nitrogen and oxygen atoms in total. The first-order valence-corrected chi connectivity index (χ1v) is 11.1. The normalized spacial score (nSPS) is 14.2. The van der Waals surface area contributed by atoms with Gasteiger partial charge in [0.1, 0.15) is 11.4 Å². The number of imide groups is 1. The summed E-state index contributed by atoms with van der Waals surface area (Å²) in [6.45, 7) is 7.42. The summed E-state index contributed by atoms with van der Waals surface area (Å²) in [7, 11) is 0. The molecule has 0 atom stereocenters. The highest BCUT2D eigenvalue weighted by atomic mass is 32.1. The first kappa shape index (κ1) is 22.1. The third kappa shape index (κ3) is 5.29. The second-order valence-corrected chi connectivity index (χ2v) is 8.21. The van der Waals surface area contributed by atoms with Crippen molar-refractivity contribution in [2.24, 2.45) is 0 Å². The molecular weight excluding hydrogens is 400 g/mol. The van der Waals surface area contributed by atoms with Crippen LogP contribution in [0.25, 0.3) is 5.57 Å². The summed E-state index contributed by atoms with van der Waals surface area (Å²) in [6.07, 6.45) is 1.63. The van der Waals surface area contributed by atoms with Gasteiger partial charge in [0.05, 0.1) is 18.3 Å². The Balaban J connectivity index is 1.82. The van der Waals surface area contributed by atoms with Crippen LogP contribution in [0.15, 0.2) is 47.5 Å². The lowest BCUT2D eigenvalue weighted by molar-refractivity contribution is -0.137. The number of nitrogens with zero attached hydrogens (tertiary/aromatic N) is 1. The van der Waals surface area contributed by atoms with Crippen LogP contribution in [0.3, 0.4) is 0 Å². The van der Waals surface area contributed by atoms with Crippen LogP contribution in [-0.2, 0) is 14.3 Å². The Hall–Kier alpha value is -2.64. The van der Waals surface area contributed by atoms with Crippen LogP contribution < -0.4 is 10.1 Å². The van der Waals surface area contributed by atoms with E-state index in [1.807, 2.05) is 62.5 Å². The Kier molecular flexibility index (Phi) is 7.65. The lowest BCUT2D eigenvalue weighted by Crippen LogP contribution is -2.34. The molecule has 1 aromatic carbocycles. The first-order chi connectivity index (χ1) is 14.5. The highest BCUT2D eigenvalue weighted by Crippen LogP contribution is 2.33. The van der Waals surface area contributed by atoms with Crippen LogP contribution >= 0.6 is 11.3 Å². The van der Waals surface area contributed by atoms with Gasteiger partial charge in [-0.05, 0) is 50.3 Å². The lowest BCUT2D eigenvalue weighted by Gasteiger charge is -2.16. The zero-order valence-electron chi connectivity index (χ0n) is 17.6. The summed E-state index contributed by atoms with van der Waals surface area (Å²) in [5, 5.41) is 5.08. The van der Waals surface area contributed by atoms with Crippen molar-refractivity contribution in [3.05, 3.63) is 52.4 Å². The van der Waals surface area contributed by atoms with Crippen molar-refractivity contribution in [3.8, 4) is 5.75 Å². The zero-order valence-corrected chi connectivity index (χ0v) is 18.5. The maximum Gasteiger partial charge on any atom is 0.278 e. The minimum absolute atomic E-state index is 0.120. The Morgan fingerprint density at radius 3 is 2.63 bits per heavy atom. The molecule has 160 valence electrons. The van der Waals surface area contributed by atoms with Gasteiger partial charge in [-0.1, -0.05) is 19.1 Å². The largest absolute Gasteiger partial charge is 0.494 e. The quantitative estimate of drug-likeness (QED) is 0.420. The number of rotatable bonds is 11. The molecule has 1 N–H and O–H groups in total. The molecule has 7 heteroatoms. The van der Waals surface area contributed by atoms with Crippen LogP contribution in [0, 0.1) is 0 Å². The summed E-state index contributed by atoms with van der Waals surface area (Å²) < 4.78 is 11.2. The molecule has 2 heterocycles. The molecule has 0 aliphatic carbocycles. The van der Waals surface area contributed by atoms with Crippen LogP contribution in [-0.4, -0.2) is 42.6 Å². The Bertz CT molecular complexity index is 906. The van der Waals surface area contributed by atoms with E-state index in [0.29, 0.717) is 43.1 Å². The molecular formula is C23H28N2O4S. The standard InChI is InChI=1S/C23H28N2O4S/c1-4-12-29-18-9-5-8-17(15-18)24-21-20(19-10-6-14-30-19)22(26)25(23(21)27)11-7-13-28-16(2)3/h5-6,8-10,14-16,24H,4,7,11-13H2,1-3H3. The number of carbonyl (C=O) groups excluding carboxylic acids is 2. The fourth-order valence-corrected chi connectivity index (χ4v) is 3.88. The predicted octanol–water partition coefficient (Wildman–Crippen LogP) is 4.54. The number of hydrogen-bond donors (Lipinski definition) is 1. The average molecular weight is 429 g/mol. The van der Waals surface area contributed by atoms with E-state index in [1.165, 1.54) is 16.2 Å². The number of hydrogen-bond acceptors (Lipinski definition) is 6. The van der Waals surface area contributed by atoms with Crippen LogP contribution in [0.1, 0.15) is 38.5 Å². The molecule has 0 radical (unpaired) electrons. The molecule has 1 aromatic heterocycles. The average Bonchev–Trinajstić information content (AvgIpc) is 3.32. The van der Waals surface area contributed by atoms with E-state index in [0.717, 1.165) is 17.0 Å². The van der Waals surface area contributed by atoms with Gasteiger partial charge in [0.2, 0.25) is 0 Å². The highest BCUT2D eigenvalue weighted by molar-refractivity contribution is 7.11. The molecule has 0 bridgehead atoms. The molecule has 0 spiro atoms. The van der Waals surface area contributed by atoms with E-state index < -0.39 is 0 Å². The minimum atomic E-state index is -0.312. The molecule has 0 unspecified atom stereocenters. The van der Waals surface area contributed by atoms with Gasteiger partial charge in [0, 0.05) is 29.8 Å². The summed E-state index contributed by atoms with van der Waals surface area (Å²) >= 11 is 1.44. The van der Waals surface area contributed by atoms with Gasteiger partial charge in [-0.3, -0.25) is 14.5 Å². The van der Waals surface area contributed by atoms with E-state index in [4.69, 9.17) is 9.47 Å². The van der Waals surface area contributed by atoms with Gasteiger partial charge in [-0.15, -0.1) is 11.3 Å². The molecule has 2 aromatic rings. The predicted molar refractivity (Wildman–Crippen MR) is 120 cm³/mol. The van der Waals surface area contributed by atoms with Gasteiger partial charge in [0.25, 0.3) is 11.8 Å². The Labute approximate surface area is 181 Å². The number of benzene rings is 1. The highest BCUT2D eigenvalue weighted by Gasteiger charge is 2.39. The third-order valence-corrected chi connectivity index (χ3v) is 5.38. The van der Waals surface area contributed by atoms with E-state index in [2.05, 4.69) is 5.32 Å². The second-order valence-electron chi connectivity index (χ2n) is 7.26. The number of thiophene rings is 1. The summed E-state index contributed by atoms with van der Waals surface area (Å²) in [5.74, 6) is 0.139. The minimum Gasteiger partial charge on any atom is -0.494 e. The maximum atomic E-state index is 13.1. The zero-order chi connectivity index (χ0) is 21.5. The molecule has 30 heavy (non-hydrogen) atoms. The second kappa shape index (κ2) is 10.4. The van der Waals surface area contributed by atoms with Crippen LogP contribution in [0.2, 0.25) is 0 Å². The molecule has 0 fully saturated rings. The van der Waals surface area contributed by atoms with E-state index in [1.54, 1.807) is 0 Å². The number of ether oxygens (including phenoxy) is 2. The van der Waals surface area contributed by atoms with Crippen molar-refractivity contribution in [2.75, 3.05) is 25.1 Å². The summed E-state index contributed by atoms with van der Waals surface area (Å²) in [6, 6.07) is 11.2. The molecule has 1 aliphatic rings. The van der Waals surface area contributed by atoms with Gasteiger partial charge in [-0.2, -0.15) is 0 Å². The van der Waals surface area contributed by atoms with Crippen molar-refractivity contribution < 1.29 is 19.1 Å². The molecule has 0 saturated heterocycles. The number of anilines is 1. The maximum absolute atomic E-state index is 13.1. The molecule has 0 saturated carbocycles. The third-order valence-electron chi connectivity index (χ3n) is 4.49. The SMILES string of the molecule is CCCOc1cccc(NC2=C(c3cccs3)C(=O)N(CCCOC(C)C)C2=O)c1. The van der Waals surface area contributed by atoms with Crippen molar-refractivity contribution in [2.45, 2.75) is 39.7 Å². The first-order valence-electron chi connectivity index (χ1n) is 10.3. The fraction of sp³-hybridized carbons (Fsp3) is 0.391. The van der Waals surface area contributed by atoms with Crippen molar-refractivity contribution in [3.63, 3.8) is 0 Å². The number of amides is 2.